The lowest BCUT2D eigenvalue weighted by Crippen LogP contribution is -2.43. The number of hydrogen-bond acceptors (Lipinski definition) is 4. The number of hydrogen-bond donors (Lipinski definition) is 1. The lowest BCUT2D eigenvalue weighted by Gasteiger charge is -2.24. The third-order valence-corrected chi connectivity index (χ3v) is 3.12. The maximum atomic E-state index is 12.4. The Labute approximate surface area is 112 Å². The summed E-state index contributed by atoms with van der Waals surface area (Å²) in [6.07, 6.45) is 0.942. The van der Waals surface area contributed by atoms with Gasteiger partial charge in [-0.05, 0) is 25.1 Å². The van der Waals surface area contributed by atoms with Crippen LogP contribution in [0, 0.1) is 22.7 Å². The van der Waals surface area contributed by atoms with Gasteiger partial charge in [-0.1, -0.05) is 12.1 Å². The van der Waals surface area contributed by atoms with Crippen LogP contribution in [-0.4, -0.2) is 25.0 Å². The zero-order valence-electron chi connectivity index (χ0n) is 10.5. The van der Waals surface area contributed by atoms with Crippen LogP contribution in [0.1, 0.15) is 18.4 Å². The molecule has 2 rings (SSSR count). The Kier molecular flexibility index (Phi) is 4.12. The second kappa shape index (κ2) is 5.99. The van der Waals surface area contributed by atoms with E-state index in [1.54, 1.807) is 29.2 Å². The summed E-state index contributed by atoms with van der Waals surface area (Å²) < 4.78 is 0. The molecular formula is C14H14N4O. The van der Waals surface area contributed by atoms with E-state index in [1.807, 2.05) is 6.07 Å². The summed E-state index contributed by atoms with van der Waals surface area (Å²) in [5.74, 6) is -0.137. The average molecular weight is 254 g/mol. The van der Waals surface area contributed by atoms with E-state index in [4.69, 9.17) is 10.5 Å². The van der Waals surface area contributed by atoms with Gasteiger partial charge in [-0.2, -0.15) is 10.5 Å². The smallest absolute Gasteiger partial charge is 0.245 e. The van der Waals surface area contributed by atoms with Gasteiger partial charge in [0.25, 0.3) is 0 Å². The summed E-state index contributed by atoms with van der Waals surface area (Å²) in [6.45, 7) is 1.26. The van der Waals surface area contributed by atoms with Gasteiger partial charge in [-0.25, -0.2) is 0 Å². The maximum Gasteiger partial charge on any atom is 0.245 e. The van der Waals surface area contributed by atoms with E-state index in [2.05, 4.69) is 11.4 Å². The number of amides is 1. The Hall–Kier alpha value is -2.37. The van der Waals surface area contributed by atoms with E-state index in [1.165, 1.54) is 0 Å². The summed E-state index contributed by atoms with van der Waals surface area (Å²) >= 11 is 0. The van der Waals surface area contributed by atoms with Crippen LogP contribution in [0.15, 0.2) is 24.3 Å². The van der Waals surface area contributed by atoms with Crippen molar-refractivity contribution in [1.29, 1.82) is 10.5 Å². The number of nitriles is 2. The van der Waals surface area contributed by atoms with Crippen LogP contribution in [0.4, 0.5) is 5.69 Å². The molecular weight excluding hydrogens is 240 g/mol. The predicted octanol–water partition coefficient (Wildman–Crippen LogP) is 1.17. The minimum Gasteiger partial charge on any atom is -0.310 e. The molecule has 1 aliphatic heterocycles. The molecule has 0 aliphatic carbocycles. The first kappa shape index (κ1) is 13.1. The minimum atomic E-state index is -0.487. The fourth-order valence-corrected chi connectivity index (χ4v) is 2.19. The molecule has 0 aromatic heterocycles. The number of carbonyl (C=O) groups is 1. The van der Waals surface area contributed by atoms with Crippen molar-refractivity contribution in [2.75, 3.05) is 18.0 Å². The van der Waals surface area contributed by atoms with Crippen LogP contribution in [0.3, 0.4) is 0 Å². The molecule has 96 valence electrons. The first-order valence-electron chi connectivity index (χ1n) is 6.18. The van der Waals surface area contributed by atoms with Gasteiger partial charge in [-0.15, -0.1) is 0 Å². The van der Waals surface area contributed by atoms with Crippen molar-refractivity contribution in [3.8, 4) is 12.1 Å². The first-order chi connectivity index (χ1) is 9.27. The second-order valence-corrected chi connectivity index (χ2v) is 4.34. The van der Waals surface area contributed by atoms with Gasteiger partial charge < -0.3 is 10.2 Å². The molecule has 0 spiro atoms. The van der Waals surface area contributed by atoms with Crippen molar-refractivity contribution in [2.45, 2.75) is 18.9 Å². The van der Waals surface area contributed by atoms with Crippen molar-refractivity contribution in [3.05, 3.63) is 29.8 Å². The van der Waals surface area contributed by atoms with Crippen molar-refractivity contribution in [2.24, 2.45) is 0 Å². The molecule has 0 saturated carbocycles. The Balaban J connectivity index is 2.34. The average Bonchev–Trinajstić information content (AvgIpc) is 2.62. The number of benzene rings is 1. The van der Waals surface area contributed by atoms with Gasteiger partial charge in [-0.3, -0.25) is 4.79 Å². The van der Waals surface area contributed by atoms with E-state index in [9.17, 15) is 4.79 Å². The molecule has 0 radical (unpaired) electrons. The molecule has 1 atom stereocenters. The molecule has 1 saturated heterocycles. The van der Waals surface area contributed by atoms with Gasteiger partial charge in [0.2, 0.25) is 5.91 Å². The third kappa shape index (κ3) is 2.73. The van der Waals surface area contributed by atoms with Gasteiger partial charge >= 0.3 is 0 Å². The first-order valence-corrected chi connectivity index (χ1v) is 6.18. The molecule has 19 heavy (non-hydrogen) atoms. The molecule has 0 bridgehead atoms. The summed E-state index contributed by atoms with van der Waals surface area (Å²) in [4.78, 5) is 14.0. The van der Waals surface area contributed by atoms with Crippen molar-refractivity contribution in [3.63, 3.8) is 0 Å². The van der Waals surface area contributed by atoms with Crippen LogP contribution in [0.2, 0.25) is 0 Å². The molecule has 5 nitrogen and oxygen atoms in total. The molecule has 1 aromatic rings. The SMILES string of the molecule is N#CCC1NCCCN(c2ccccc2C#N)C1=O. The Morgan fingerprint density at radius 3 is 2.89 bits per heavy atom. The molecule has 1 amide bonds. The number of nitrogens with zero attached hydrogens (tertiary/aromatic N) is 3. The highest BCUT2D eigenvalue weighted by molar-refractivity contribution is 5.98. The standard InChI is InChI=1S/C14H14N4O/c15-7-6-12-14(19)18(9-3-8-17-12)13-5-2-1-4-11(13)10-16/h1-2,4-5,12,17H,3,6,8-9H2. The zero-order chi connectivity index (χ0) is 13.7. The molecule has 5 heteroatoms. The highest BCUT2D eigenvalue weighted by Gasteiger charge is 2.28. The van der Waals surface area contributed by atoms with Crippen molar-refractivity contribution >= 4 is 11.6 Å². The Morgan fingerprint density at radius 2 is 2.16 bits per heavy atom. The number of para-hydroxylation sites is 1. The lowest BCUT2D eigenvalue weighted by atomic mass is 10.1. The summed E-state index contributed by atoms with van der Waals surface area (Å²) in [5, 5.41) is 21.0. The van der Waals surface area contributed by atoms with Crippen LogP contribution in [0.25, 0.3) is 0 Å². The number of nitrogens with one attached hydrogen (secondary N) is 1. The van der Waals surface area contributed by atoms with E-state index in [-0.39, 0.29) is 12.3 Å². The van der Waals surface area contributed by atoms with E-state index in [0.29, 0.717) is 24.3 Å². The minimum absolute atomic E-state index is 0.137. The van der Waals surface area contributed by atoms with Crippen LogP contribution in [0.5, 0.6) is 0 Å². The quantitative estimate of drug-likeness (QED) is 0.859. The number of rotatable bonds is 2. The molecule has 1 fully saturated rings. The van der Waals surface area contributed by atoms with E-state index in [0.717, 1.165) is 6.42 Å². The molecule has 1 N–H and O–H groups in total. The molecule has 1 unspecified atom stereocenters. The van der Waals surface area contributed by atoms with Gasteiger partial charge in [0.1, 0.15) is 12.1 Å². The van der Waals surface area contributed by atoms with Crippen molar-refractivity contribution in [1.82, 2.24) is 5.32 Å². The summed E-state index contributed by atoms with van der Waals surface area (Å²) in [5.41, 5.74) is 1.11. The largest absolute Gasteiger partial charge is 0.310 e. The van der Waals surface area contributed by atoms with Crippen LogP contribution < -0.4 is 10.2 Å². The fourth-order valence-electron chi connectivity index (χ4n) is 2.19. The lowest BCUT2D eigenvalue weighted by molar-refractivity contribution is -0.120. The second-order valence-electron chi connectivity index (χ2n) is 4.34. The molecule has 1 aromatic carbocycles. The Bertz CT molecular complexity index is 555. The van der Waals surface area contributed by atoms with Gasteiger partial charge in [0.15, 0.2) is 0 Å². The van der Waals surface area contributed by atoms with E-state index < -0.39 is 6.04 Å². The zero-order valence-corrected chi connectivity index (χ0v) is 10.5. The fraction of sp³-hybridized carbons (Fsp3) is 0.357. The molecule has 1 heterocycles. The topological polar surface area (TPSA) is 79.9 Å². The van der Waals surface area contributed by atoms with Crippen molar-refractivity contribution < 1.29 is 4.79 Å². The predicted molar refractivity (Wildman–Crippen MR) is 70.1 cm³/mol. The summed E-state index contributed by atoms with van der Waals surface area (Å²) in [7, 11) is 0. The third-order valence-electron chi connectivity index (χ3n) is 3.12. The Morgan fingerprint density at radius 1 is 1.37 bits per heavy atom. The van der Waals surface area contributed by atoms with Gasteiger partial charge in [0, 0.05) is 6.54 Å². The van der Waals surface area contributed by atoms with E-state index >= 15 is 0 Å². The van der Waals surface area contributed by atoms with Crippen LogP contribution in [-0.2, 0) is 4.79 Å². The highest BCUT2D eigenvalue weighted by atomic mass is 16.2. The summed E-state index contributed by atoms with van der Waals surface area (Å²) in [6, 6.07) is 10.7. The molecule has 1 aliphatic rings. The number of anilines is 1. The highest BCUT2D eigenvalue weighted by Crippen LogP contribution is 2.22. The van der Waals surface area contributed by atoms with Gasteiger partial charge in [0.05, 0.1) is 23.7 Å². The van der Waals surface area contributed by atoms with Crippen LogP contribution >= 0.6 is 0 Å². The monoisotopic (exact) mass is 254 g/mol. The normalized spacial score (nSPS) is 19.4. The number of carbonyl (C=O) groups excluding carboxylic acids is 1. The maximum absolute atomic E-state index is 12.4.